The minimum Gasteiger partial charge on any atom is -0.390 e. The Hall–Kier alpha value is -0.200. The molecule has 5 heteroatoms. The van der Waals surface area contributed by atoms with Gasteiger partial charge in [0.25, 0.3) is 0 Å². The highest BCUT2D eigenvalue weighted by Crippen LogP contribution is 2.38. The molecule has 20 heavy (non-hydrogen) atoms. The molecule has 5 saturated heterocycles. The van der Waals surface area contributed by atoms with E-state index in [0.717, 1.165) is 32.7 Å². The summed E-state index contributed by atoms with van der Waals surface area (Å²) in [5, 5.41) is 14.5. The van der Waals surface area contributed by atoms with Gasteiger partial charge in [-0.05, 0) is 12.8 Å². The van der Waals surface area contributed by atoms with Crippen molar-refractivity contribution in [1.82, 2.24) is 20.0 Å². The first-order valence-corrected chi connectivity index (χ1v) is 8.29. The fourth-order valence-corrected chi connectivity index (χ4v) is 5.14. The summed E-state index contributed by atoms with van der Waals surface area (Å²) in [5.41, 5.74) is 0. The first-order valence-electron chi connectivity index (χ1n) is 8.29. The third-order valence-corrected chi connectivity index (χ3v) is 6.23. The van der Waals surface area contributed by atoms with Crippen molar-refractivity contribution in [1.29, 1.82) is 0 Å². The molecule has 5 aliphatic heterocycles. The number of nitrogens with zero attached hydrogens (tertiary/aromatic N) is 3. The van der Waals surface area contributed by atoms with Crippen molar-refractivity contribution < 1.29 is 5.11 Å². The minimum absolute atomic E-state index is 0.190. The summed E-state index contributed by atoms with van der Waals surface area (Å²) in [6.07, 6.45) is -0.190. The maximum Gasteiger partial charge on any atom is 0.0866 e. The molecular formula is C15H28N4O. The summed E-state index contributed by atoms with van der Waals surface area (Å²) in [6, 6.07) is 1.97. The standard InChI is InChI=1S/C15H28N4O/c1-10-8-17-5-6-18(10)13(9-17)15(20)14-11(2)12-7-16-3-4-19(12)14/h10-16,20H,3-9H2,1-2H3. The van der Waals surface area contributed by atoms with Crippen molar-refractivity contribution in [2.24, 2.45) is 5.92 Å². The van der Waals surface area contributed by atoms with Gasteiger partial charge in [-0.1, -0.05) is 6.92 Å². The number of rotatable bonds is 2. The van der Waals surface area contributed by atoms with Gasteiger partial charge in [0.05, 0.1) is 12.1 Å². The van der Waals surface area contributed by atoms with E-state index in [1.807, 2.05) is 0 Å². The molecule has 5 heterocycles. The van der Waals surface area contributed by atoms with E-state index in [4.69, 9.17) is 0 Å². The molecule has 5 nitrogen and oxygen atoms in total. The van der Waals surface area contributed by atoms with Crippen LogP contribution < -0.4 is 5.32 Å². The van der Waals surface area contributed by atoms with Crippen LogP contribution in [0, 0.1) is 5.92 Å². The van der Waals surface area contributed by atoms with Crippen LogP contribution in [0.1, 0.15) is 13.8 Å². The number of fused-ring (bicyclic) bond motifs is 4. The van der Waals surface area contributed by atoms with E-state index in [1.165, 1.54) is 13.1 Å². The average molecular weight is 280 g/mol. The van der Waals surface area contributed by atoms with Crippen LogP contribution in [0.15, 0.2) is 0 Å². The molecular weight excluding hydrogens is 252 g/mol. The van der Waals surface area contributed by atoms with E-state index in [9.17, 15) is 5.11 Å². The van der Waals surface area contributed by atoms with Crippen molar-refractivity contribution in [3.63, 3.8) is 0 Å². The van der Waals surface area contributed by atoms with Gasteiger partial charge in [0.1, 0.15) is 0 Å². The molecule has 0 spiro atoms. The Balaban J connectivity index is 1.48. The monoisotopic (exact) mass is 280 g/mol. The van der Waals surface area contributed by atoms with Gasteiger partial charge >= 0.3 is 0 Å². The van der Waals surface area contributed by atoms with Crippen molar-refractivity contribution in [3.8, 4) is 0 Å². The molecule has 2 N–H and O–H groups in total. The first-order chi connectivity index (χ1) is 9.66. The maximum atomic E-state index is 11.0. The Bertz CT molecular complexity index is 379. The Morgan fingerprint density at radius 2 is 1.95 bits per heavy atom. The lowest BCUT2D eigenvalue weighted by molar-refractivity contribution is -0.159. The summed E-state index contributed by atoms with van der Waals surface area (Å²) >= 11 is 0. The van der Waals surface area contributed by atoms with E-state index in [1.54, 1.807) is 0 Å². The zero-order valence-corrected chi connectivity index (χ0v) is 12.7. The molecule has 0 saturated carbocycles. The quantitative estimate of drug-likeness (QED) is 0.681. The SMILES string of the molecule is CC1C2CNCCN2C1C(O)C1CN2CCN1C(C)C2. The second kappa shape index (κ2) is 4.92. The number of hydrogen-bond donors (Lipinski definition) is 2. The number of nitrogens with one attached hydrogen (secondary N) is 1. The molecule has 0 aromatic heterocycles. The van der Waals surface area contributed by atoms with Crippen LogP contribution in [0.2, 0.25) is 0 Å². The van der Waals surface area contributed by atoms with Gasteiger partial charge in [-0.25, -0.2) is 0 Å². The third kappa shape index (κ3) is 1.87. The third-order valence-electron chi connectivity index (χ3n) is 6.23. The van der Waals surface area contributed by atoms with Crippen LogP contribution in [0.25, 0.3) is 0 Å². The molecule has 0 amide bonds. The molecule has 0 aromatic carbocycles. The van der Waals surface area contributed by atoms with E-state index in [-0.39, 0.29) is 6.10 Å². The van der Waals surface area contributed by atoms with E-state index in [2.05, 4.69) is 33.9 Å². The van der Waals surface area contributed by atoms with Crippen LogP contribution in [0.5, 0.6) is 0 Å². The Kier molecular flexibility index (Phi) is 3.31. The first kappa shape index (κ1) is 13.5. The molecule has 8 atom stereocenters. The Morgan fingerprint density at radius 3 is 2.70 bits per heavy atom. The van der Waals surface area contributed by atoms with Crippen LogP contribution >= 0.6 is 0 Å². The molecule has 8 unspecified atom stereocenters. The highest BCUT2D eigenvalue weighted by Gasteiger charge is 2.53. The predicted octanol–water partition coefficient (Wildman–Crippen LogP) is -0.972. The van der Waals surface area contributed by atoms with Crippen LogP contribution in [-0.2, 0) is 0 Å². The topological polar surface area (TPSA) is 42.0 Å². The van der Waals surface area contributed by atoms with Gasteiger partial charge in [-0.15, -0.1) is 0 Å². The number of aliphatic hydroxyl groups is 1. The maximum absolute atomic E-state index is 11.0. The highest BCUT2D eigenvalue weighted by molar-refractivity contribution is 5.09. The zero-order valence-electron chi connectivity index (χ0n) is 12.7. The van der Waals surface area contributed by atoms with Crippen LogP contribution in [0.4, 0.5) is 0 Å². The summed E-state index contributed by atoms with van der Waals surface area (Å²) in [5.74, 6) is 0.616. The summed E-state index contributed by atoms with van der Waals surface area (Å²) in [6.45, 7) is 12.5. The molecule has 114 valence electrons. The van der Waals surface area contributed by atoms with Crippen molar-refractivity contribution in [3.05, 3.63) is 0 Å². The lowest BCUT2D eigenvalue weighted by Gasteiger charge is -2.61. The summed E-state index contributed by atoms with van der Waals surface area (Å²) in [4.78, 5) is 7.65. The zero-order chi connectivity index (χ0) is 13.9. The van der Waals surface area contributed by atoms with Crippen molar-refractivity contribution >= 4 is 0 Å². The van der Waals surface area contributed by atoms with Crippen molar-refractivity contribution in [2.45, 2.75) is 44.1 Å². The number of piperazine rings is 4. The van der Waals surface area contributed by atoms with Crippen LogP contribution in [-0.4, -0.2) is 95.9 Å². The van der Waals surface area contributed by atoms with Gasteiger partial charge < -0.3 is 10.4 Å². The smallest absolute Gasteiger partial charge is 0.0866 e. The van der Waals surface area contributed by atoms with Gasteiger partial charge in [-0.2, -0.15) is 0 Å². The predicted molar refractivity (Wildman–Crippen MR) is 78.7 cm³/mol. The molecule has 0 radical (unpaired) electrons. The number of hydrogen-bond acceptors (Lipinski definition) is 5. The Labute approximate surface area is 121 Å². The Morgan fingerprint density at radius 1 is 1.10 bits per heavy atom. The van der Waals surface area contributed by atoms with Gasteiger partial charge in [0, 0.05) is 63.9 Å². The average Bonchev–Trinajstić information content (AvgIpc) is 2.47. The second-order valence-corrected chi connectivity index (χ2v) is 7.26. The van der Waals surface area contributed by atoms with Crippen molar-refractivity contribution in [2.75, 3.05) is 45.8 Å². The molecule has 0 aliphatic carbocycles. The lowest BCUT2D eigenvalue weighted by Crippen LogP contribution is -2.77. The fourth-order valence-electron chi connectivity index (χ4n) is 5.14. The van der Waals surface area contributed by atoms with Crippen LogP contribution in [0.3, 0.4) is 0 Å². The van der Waals surface area contributed by atoms with E-state index >= 15 is 0 Å². The van der Waals surface area contributed by atoms with Gasteiger partial charge in [-0.3, -0.25) is 14.7 Å². The normalized spacial score (nSPS) is 53.2. The van der Waals surface area contributed by atoms with Gasteiger partial charge in [0.15, 0.2) is 0 Å². The fraction of sp³-hybridized carbons (Fsp3) is 1.00. The minimum atomic E-state index is -0.190. The molecule has 2 bridgehead atoms. The largest absolute Gasteiger partial charge is 0.390 e. The molecule has 5 aliphatic rings. The van der Waals surface area contributed by atoms with Gasteiger partial charge in [0.2, 0.25) is 0 Å². The number of aliphatic hydroxyl groups excluding tert-OH is 1. The second-order valence-electron chi connectivity index (χ2n) is 7.26. The lowest BCUT2D eigenvalue weighted by atomic mass is 9.74. The summed E-state index contributed by atoms with van der Waals surface area (Å²) < 4.78 is 0. The molecule has 5 fully saturated rings. The highest BCUT2D eigenvalue weighted by atomic mass is 16.3. The van der Waals surface area contributed by atoms with E-state index < -0.39 is 0 Å². The molecule has 5 rings (SSSR count). The summed E-state index contributed by atoms with van der Waals surface area (Å²) in [7, 11) is 0. The molecule has 0 aromatic rings. The van der Waals surface area contributed by atoms with E-state index in [0.29, 0.717) is 30.1 Å².